The lowest BCUT2D eigenvalue weighted by atomic mass is 10.00. The van der Waals surface area contributed by atoms with Gasteiger partial charge < -0.3 is 0 Å². The molecule has 0 N–H and O–H groups in total. The first kappa shape index (κ1) is 37.3. The Morgan fingerprint density at radius 1 is 0.377 bits per heavy atom. The van der Waals surface area contributed by atoms with Gasteiger partial charge in [0, 0.05) is 19.2 Å². The highest BCUT2D eigenvalue weighted by Gasteiger charge is 2.12. The Balaban J connectivity index is 0.930. The summed E-state index contributed by atoms with van der Waals surface area (Å²) in [5.41, 5.74) is 10.5. The fraction of sp³-hybridized carbons (Fsp3) is 0.280. The maximum atomic E-state index is 2.35. The topological polar surface area (TPSA) is 0 Å². The summed E-state index contributed by atoms with van der Waals surface area (Å²) in [6, 6.07) is 41.0. The predicted molar refractivity (Wildman–Crippen MR) is 242 cm³/mol. The molecular weight excluding hydrogens is 697 g/mol. The lowest BCUT2D eigenvalue weighted by Crippen LogP contribution is -1.87. The normalized spacial score (nSPS) is 12.0. The third-order valence-corrected chi connectivity index (χ3v) is 14.0. The standard InChI is InChI=1S/C50H52S3/c1-3-5-7-9-11-13-37-15-25-41(26-16-37)43-29-19-39(20-30-43)23-33-45-35-47-49(51-45)50-48(53-47)36-46(52-50)34-24-40-21-31-44(32-22-40)42-27-17-38(18-28-42)14-12-10-8-6-4-2/h15-36H,3-14H2,1-2H3/b33-23+,34-24+. The van der Waals surface area contributed by atoms with Crippen molar-refractivity contribution in [2.24, 2.45) is 0 Å². The van der Waals surface area contributed by atoms with E-state index < -0.39 is 0 Å². The fourth-order valence-corrected chi connectivity index (χ4v) is 10.9. The third kappa shape index (κ3) is 10.1. The van der Waals surface area contributed by atoms with Gasteiger partial charge in [-0.25, -0.2) is 0 Å². The average molecular weight is 749 g/mol. The first-order chi connectivity index (χ1) is 26.1. The molecule has 270 valence electrons. The summed E-state index contributed by atoms with van der Waals surface area (Å²) in [6.45, 7) is 4.55. The number of hydrogen-bond acceptors (Lipinski definition) is 3. The molecule has 0 saturated heterocycles. The number of rotatable bonds is 18. The maximum Gasteiger partial charge on any atom is 0.0635 e. The van der Waals surface area contributed by atoms with Crippen LogP contribution < -0.4 is 0 Å². The van der Waals surface area contributed by atoms with E-state index in [9.17, 15) is 0 Å². The highest BCUT2D eigenvalue weighted by Crippen LogP contribution is 2.44. The molecule has 3 aromatic heterocycles. The van der Waals surface area contributed by atoms with E-state index in [4.69, 9.17) is 0 Å². The summed E-state index contributed by atoms with van der Waals surface area (Å²) < 4.78 is 5.62. The van der Waals surface area contributed by atoms with Gasteiger partial charge in [0.05, 0.1) is 9.40 Å². The van der Waals surface area contributed by atoms with Crippen LogP contribution in [-0.2, 0) is 12.8 Å². The number of fused-ring (bicyclic) bond motifs is 3. The van der Waals surface area contributed by atoms with E-state index in [0.29, 0.717) is 0 Å². The van der Waals surface area contributed by atoms with Gasteiger partial charge in [-0.2, -0.15) is 0 Å². The van der Waals surface area contributed by atoms with Gasteiger partial charge in [-0.05, 0) is 94.5 Å². The van der Waals surface area contributed by atoms with Crippen molar-refractivity contribution >= 4 is 77.1 Å². The molecule has 0 aliphatic heterocycles. The van der Waals surface area contributed by atoms with E-state index in [1.165, 1.54) is 150 Å². The van der Waals surface area contributed by atoms with E-state index in [2.05, 4.69) is 147 Å². The highest BCUT2D eigenvalue weighted by atomic mass is 32.1. The molecule has 0 spiro atoms. The van der Waals surface area contributed by atoms with Crippen molar-refractivity contribution in [1.82, 2.24) is 0 Å². The molecule has 0 radical (unpaired) electrons. The van der Waals surface area contributed by atoms with Gasteiger partial charge in [0.15, 0.2) is 0 Å². The number of hydrogen-bond donors (Lipinski definition) is 0. The van der Waals surface area contributed by atoms with E-state index in [1.807, 2.05) is 34.0 Å². The summed E-state index contributed by atoms with van der Waals surface area (Å²) in [6.07, 6.45) is 24.8. The zero-order chi connectivity index (χ0) is 36.2. The zero-order valence-electron chi connectivity index (χ0n) is 31.4. The number of benzene rings is 4. The van der Waals surface area contributed by atoms with Gasteiger partial charge in [-0.3, -0.25) is 0 Å². The van der Waals surface area contributed by atoms with Gasteiger partial charge in [0.2, 0.25) is 0 Å². The molecule has 4 aromatic carbocycles. The quantitative estimate of drug-likeness (QED) is 0.0767. The van der Waals surface area contributed by atoms with Crippen LogP contribution in [0.1, 0.15) is 110 Å². The smallest absolute Gasteiger partial charge is 0.0635 e. The summed E-state index contributed by atoms with van der Waals surface area (Å²) in [5.74, 6) is 0. The molecule has 0 nitrogen and oxygen atoms in total. The highest BCUT2D eigenvalue weighted by molar-refractivity contribution is 7.38. The van der Waals surface area contributed by atoms with Crippen LogP contribution in [-0.4, -0.2) is 0 Å². The van der Waals surface area contributed by atoms with Crippen LogP contribution in [0.15, 0.2) is 109 Å². The van der Waals surface area contributed by atoms with E-state index in [1.54, 1.807) is 0 Å². The minimum Gasteiger partial charge on any atom is -0.133 e. The van der Waals surface area contributed by atoms with Gasteiger partial charge in [-0.15, -0.1) is 34.0 Å². The Kier molecular flexibility index (Phi) is 13.3. The molecule has 0 saturated carbocycles. The second kappa shape index (κ2) is 18.8. The second-order valence-corrected chi connectivity index (χ2v) is 17.7. The summed E-state index contributed by atoms with van der Waals surface area (Å²) in [7, 11) is 0. The van der Waals surface area contributed by atoms with Crippen LogP contribution in [0.2, 0.25) is 0 Å². The molecule has 0 amide bonds. The number of aryl methyl sites for hydroxylation is 2. The van der Waals surface area contributed by atoms with Crippen LogP contribution in [0, 0.1) is 0 Å². The van der Waals surface area contributed by atoms with Gasteiger partial charge in [-0.1, -0.05) is 174 Å². The molecule has 0 bridgehead atoms. The van der Waals surface area contributed by atoms with Crippen molar-refractivity contribution in [3.05, 3.63) is 141 Å². The lowest BCUT2D eigenvalue weighted by molar-refractivity contribution is 0.632. The van der Waals surface area contributed by atoms with E-state index in [0.717, 1.165) is 0 Å². The molecule has 3 heteroatoms. The van der Waals surface area contributed by atoms with E-state index in [-0.39, 0.29) is 0 Å². The summed E-state index contributed by atoms with van der Waals surface area (Å²) in [5, 5.41) is 0. The molecule has 7 aromatic rings. The molecule has 0 atom stereocenters. The van der Waals surface area contributed by atoms with Gasteiger partial charge in [0.25, 0.3) is 0 Å². The van der Waals surface area contributed by atoms with Crippen LogP contribution >= 0.6 is 34.0 Å². The molecule has 0 aliphatic rings. The number of unbranched alkanes of at least 4 members (excludes halogenated alkanes) is 8. The Bertz CT molecular complexity index is 2060. The fourth-order valence-electron chi connectivity index (χ4n) is 7.06. The van der Waals surface area contributed by atoms with Crippen molar-refractivity contribution in [1.29, 1.82) is 0 Å². The first-order valence-corrected chi connectivity index (χ1v) is 22.3. The van der Waals surface area contributed by atoms with Gasteiger partial charge in [0.1, 0.15) is 0 Å². The molecule has 53 heavy (non-hydrogen) atoms. The predicted octanol–water partition coefficient (Wildman–Crippen LogP) is 16.9. The summed E-state index contributed by atoms with van der Waals surface area (Å²) in [4.78, 5) is 2.62. The molecule has 7 rings (SSSR count). The van der Waals surface area contributed by atoms with Crippen molar-refractivity contribution < 1.29 is 0 Å². The Labute approximate surface area is 329 Å². The molecule has 0 fully saturated rings. The molecular formula is C50H52S3. The van der Waals surface area contributed by atoms with Crippen molar-refractivity contribution in [3.8, 4) is 22.3 Å². The molecule has 3 heterocycles. The van der Waals surface area contributed by atoms with Crippen molar-refractivity contribution in [2.45, 2.75) is 90.9 Å². The monoisotopic (exact) mass is 748 g/mol. The van der Waals surface area contributed by atoms with Gasteiger partial charge >= 0.3 is 0 Å². The third-order valence-electron chi connectivity index (χ3n) is 10.3. The zero-order valence-corrected chi connectivity index (χ0v) is 33.9. The van der Waals surface area contributed by atoms with Crippen molar-refractivity contribution in [3.63, 3.8) is 0 Å². The molecule has 0 aliphatic carbocycles. The lowest BCUT2D eigenvalue weighted by Gasteiger charge is -2.05. The Hall–Kier alpha value is -4.02. The first-order valence-electron chi connectivity index (χ1n) is 19.9. The van der Waals surface area contributed by atoms with Crippen LogP contribution in [0.4, 0.5) is 0 Å². The van der Waals surface area contributed by atoms with Crippen LogP contribution in [0.5, 0.6) is 0 Å². The number of thiophene rings is 3. The second-order valence-electron chi connectivity index (χ2n) is 14.4. The molecule has 0 unspecified atom stereocenters. The maximum absolute atomic E-state index is 2.35. The SMILES string of the molecule is CCCCCCCc1ccc(-c2ccc(/C=C/c3cc4sc5cc(/C=C/c6ccc(-c7ccc(CCCCCCC)cc7)cc6)sc5c4s3)cc2)cc1. The Morgan fingerprint density at radius 3 is 1.11 bits per heavy atom. The van der Waals surface area contributed by atoms with Crippen LogP contribution in [0.25, 0.3) is 65.4 Å². The van der Waals surface area contributed by atoms with E-state index >= 15 is 0 Å². The largest absolute Gasteiger partial charge is 0.133 e. The van der Waals surface area contributed by atoms with Crippen molar-refractivity contribution in [2.75, 3.05) is 0 Å². The average Bonchev–Trinajstić information content (AvgIpc) is 3.88. The minimum atomic E-state index is 1.19. The Morgan fingerprint density at radius 2 is 0.736 bits per heavy atom. The minimum absolute atomic E-state index is 1.19. The van der Waals surface area contributed by atoms with Crippen LogP contribution in [0.3, 0.4) is 0 Å². The summed E-state index contributed by atoms with van der Waals surface area (Å²) >= 11 is 5.73.